The Hall–Kier alpha value is -1.59. The second kappa shape index (κ2) is 71.9. The third kappa shape index (κ3) is 69.2. The van der Waals surface area contributed by atoms with Crippen LogP contribution in [0.5, 0.6) is 0 Å². The Labute approximate surface area is 514 Å². The normalized spacial score (nSPS) is 11.9. The molecule has 6 nitrogen and oxygen atoms in total. The topological polar surface area (TPSA) is 78.9 Å². The van der Waals surface area contributed by atoms with E-state index in [1.807, 2.05) is 0 Å². The molecule has 0 bridgehead atoms. The molecule has 0 spiro atoms. The van der Waals surface area contributed by atoms with Crippen molar-refractivity contribution < 1.29 is 28.6 Å². The first-order chi connectivity index (χ1) is 40.5. The number of esters is 3. The van der Waals surface area contributed by atoms with Crippen LogP contribution in [0.25, 0.3) is 0 Å². The summed E-state index contributed by atoms with van der Waals surface area (Å²) in [7, 11) is 0. The molecule has 0 N–H and O–H groups in total. The monoisotopic (exact) mass is 1160 g/mol. The van der Waals surface area contributed by atoms with Gasteiger partial charge < -0.3 is 14.2 Å². The molecule has 488 valence electrons. The van der Waals surface area contributed by atoms with Gasteiger partial charge in [0.05, 0.1) is 0 Å². The minimum atomic E-state index is -0.761. The Kier molecular flexibility index (Phi) is 70.5. The Balaban J connectivity index is 3.85. The highest BCUT2D eigenvalue weighted by Gasteiger charge is 2.20. The molecule has 0 fully saturated rings. The van der Waals surface area contributed by atoms with Crippen LogP contribution in [-0.2, 0) is 28.6 Å². The zero-order chi connectivity index (χ0) is 59.2. The second-order valence-electron chi connectivity index (χ2n) is 26.3. The van der Waals surface area contributed by atoms with Crippen molar-refractivity contribution in [2.75, 3.05) is 13.2 Å². The molecule has 0 aliphatic rings. The Morgan fingerprint density at radius 1 is 0.195 bits per heavy atom. The molecule has 0 saturated carbocycles. The fourth-order valence-corrected chi connectivity index (χ4v) is 12.2. The van der Waals surface area contributed by atoms with Gasteiger partial charge in [0.15, 0.2) is 6.10 Å². The minimum Gasteiger partial charge on any atom is -0.462 e. The molecule has 0 heterocycles. The molecular formula is C76H148O6. The first-order valence-electron chi connectivity index (χ1n) is 38.0. The van der Waals surface area contributed by atoms with Crippen molar-refractivity contribution in [1.82, 2.24) is 0 Å². The summed E-state index contributed by atoms with van der Waals surface area (Å²) in [6.07, 6.45) is 86.6. The van der Waals surface area contributed by atoms with Crippen molar-refractivity contribution in [2.45, 2.75) is 457 Å². The van der Waals surface area contributed by atoms with Crippen molar-refractivity contribution in [3.8, 4) is 0 Å². The van der Waals surface area contributed by atoms with E-state index in [4.69, 9.17) is 14.2 Å². The van der Waals surface area contributed by atoms with Crippen molar-refractivity contribution >= 4 is 17.9 Å². The van der Waals surface area contributed by atoms with Crippen LogP contribution < -0.4 is 0 Å². The first-order valence-corrected chi connectivity index (χ1v) is 38.0. The van der Waals surface area contributed by atoms with Gasteiger partial charge in [0, 0.05) is 19.3 Å². The number of hydrogen-bond donors (Lipinski definition) is 0. The fourth-order valence-electron chi connectivity index (χ4n) is 12.2. The van der Waals surface area contributed by atoms with E-state index >= 15 is 0 Å². The molecule has 0 aliphatic carbocycles. The van der Waals surface area contributed by atoms with Crippen LogP contribution in [0.3, 0.4) is 0 Å². The lowest BCUT2D eigenvalue weighted by Crippen LogP contribution is -2.30. The van der Waals surface area contributed by atoms with E-state index in [1.165, 1.54) is 347 Å². The van der Waals surface area contributed by atoms with Crippen LogP contribution in [0.2, 0.25) is 0 Å². The lowest BCUT2D eigenvalue weighted by atomic mass is 10.0. The highest BCUT2D eigenvalue weighted by molar-refractivity contribution is 5.71. The Bertz CT molecular complexity index is 1240. The van der Waals surface area contributed by atoms with Crippen LogP contribution in [0.15, 0.2) is 0 Å². The minimum absolute atomic E-state index is 0.0620. The van der Waals surface area contributed by atoms with Gasteiger partial charge in [0.25, 0.3) is 0 Å². The highest BCUT2D eigenvalue weighted by Crippen LogP contribution is 2.20. The molecular weight excluding hydrogens is 1010 g/mol. The number of ether oxygens (including phenoxy) is 3. The molecule has 6 heteroatoms. The zero-order valence-corrected chi connectivity index (χ0v) is 56.3. The largest absolute Gasteiger partial charge is 0.462 e. The van der Waals surface area contributed by atoms with E-state index in [1.54, 1.807) is 0 Å². The average molecular weight is 1160 g/mol. The van der Waals surface area contributed by atoms with Gasteiger partial charge in [0.1, 0.15) is 13.2 Å². The Morgan fingerprint density at radius 2 is 0.329 bits per heavy atom. The molecule has 0 aromatic carbocycles. The summed E-state index contributed by atoms with van der Waals surface area (Å²) in [5.41, 5.74) is 0. The van der Waals surface area contributed by atoms with E-state index < -0.39 is 6.10 Å². The number of unbranched alkanes of at least 4 members (excludes halogenated alkanes) is 61. The average Bonchev–Trinajstić information content (AvgIpc) is 3.48. The maximum absolute atomic E-state index is 12.9. The maximum atomic E-state index is 12.9. The molecule has 0 amide bonds. The van der Waals surface area contributed by atoms with Crippen LogP contribution >= 0.6 is 0 Å². The van der Waals surface area contributed by atoms with Gasteiger partial charge in [-0.2, -0.15) is 0 Å². The van der Waals surface area contributed by atoms with Crippen molar-refractivity contribution in [1.29, 1.82) is 0 Å². The quantitative estimate of drug-likeness (QED) is 0.0343. The summed E-state index contributed by atoms with van der Waals surface area (Å²) in [6, 6.07) is 0. The SMILES string of the molecule is CCCCCCCCCCCCCCCCCCCCCCCCCCCCCCCCCC(=O)OCC(COC(=O)CCCCCCC)OC(=O)CCCCCCCCCCCCCCCCCCCCCCCCCCCCCC. The van der Waals surface area contributed by atoms with E-state index in [0.717, 1.165) is 64.2 Å². The van der Waals surface area contributed by atoms with Crippen molar-refractivity contribution in [3.05, 3.63) is 0 Å². The third-order valence-electron chi connectivity index (χ3n) is 17.9. The summed E-state index contributed by atoms with van der Waals surface area (Å²) < 4.78 is 16.9. The zero-order valence-electron chi connectivity index (χ0n) is 56.3. The van der Waals surface area contributed by atoms with E-state index in [0.29, 0.717) is 19.3 Å². The van der Waals surface area contributed by atoms with E-state index in [9.17, 15) is 14.4 Å². The summed E-state index contributed by atoms with van der Waals surface area (Å²) in [6.45, 7) is 6.66. The second-order valence-corrected chi connectivity index (χ2v) is 26.3. The smallest absolute Gasteiger partial charge is 0.306 e. The van der Waals surface area contributed by atoms with Crippen LogP contribution in [-0.4, -0.2) is 37.2 Å². The Morgan fingerprint density at radius 3 is 0.488 bits per heavy atom. The molecule has 0 aliphatic heterocycles. The lowest BCUT2D eigenvalue weighted by Gasteiger charge is -2.18. The van der Waals surface area contributed by atoms with Gasteiger partial charge in [-0.05, 0) is 19.3 Å². The fraction of sp³-hybridized carbons (Fsp3) is 0.961. The van der Waals surface area contributed by atoms with Crippen LogP contribution in [0.1, 0.15) is 451 Å². The molecule has 0 saturated heterocycles. The lowest BCUT2D eigenvalue weighted by molar-refractivity contribution is -0.167. The number of rotatable bonds is 72. The predicted molar refractivity (Wildman–Crippen MR) is 358 cm³/mol. The van der Waals surface area contributed by atoms with Crippen molar-refractivity contribution in [3.63, 3.8) is 0 Å². The summed E-state index contributed by atoms with van der Waals surface area (Å²) >= 11 is 0. The van der Waals surface area contributed by atoms with Gasteiger partial charge in [-0.1, -0.05) is 412 Å². The molecule has 82 heavy (non-hydrogen) atoms. The van der Waals surface area contributed by atoms with Gasteiger partial charge in [-0.15, -0.1) is 0 Å². The summed E-state index contributed by atoms with van der Waals surface area (Å²) in [5, 5.41) is 0. The van der Waals surface area contributed by atoms with Crippen LogP contribution in [0, 0.1) is 0 Å². The summed E-state index contributed by atoms with van der Waals surface area (Å²) in [4.78, 5) is 38.1. The maximum Gasteiger partial charge on any atom is 0.306 e. The van der Waals surface area contributed by atoms with E-state index in [-0.39, 0.29) is 31.1 Å². The molecule has 0 aromatic heterocycles. The number of carbonyl (C=O) groups excluding carboxylic acids is 3. The first kappa shape index (κ1) is 80.4. The van der Waals surface area contributed by atoms with Gasteiger partial charge in [0.2, 0.25) is 0 Å². The number of hydrogen-bond acceptors (Lipinski definition) is 6. The van der Waals surface area contributed by atoms with Gasteiger partial charge in [-0.3, -0.25) is 14.4 Å². The van der Waals surface area contributed by atoms with Gasteiger partial charge in [-0.25, -0.2) is 0 Å². The van der Waals surface area contributed by atoms with E-state index in [2.05, 4.69) is 20.8 Å². The molecule has 0 rings (SSSR count). The molecule has 1 atom stereocenters. The third-order valence-corrected chi connectivity index (χ3v) is 17.9. The number of carbonyl (C=O) groups is 3. The van der Waals surface area contributed by atoms with Crippen molar-refractivity contribution in [2.24, 2.45) is 0 Å². The predicted octanol–water partition coefficient (Wildman–Crippen LogP) is 26.2. The van der Waals surface area contributed by atoms with Gasteiger partial charge >= 0.3 is 17.9 Å². The molecule has 0 radical (unpaired) electrons. The standard InChI is InChI=1S/C76H148O6/c1-4-7-10-13-15-17-19-21-23-25-27-29-31-33-35-37-38-39-41-42-44-46-48-50-52-54-56-58-60-63-66-69-75(78)81-72-73(71-80-74(77)68-65-62-12-9-6-3)82-76(79)70-67-64-61-59-57-55-53-51-49-47-45-43-40-36-34-32-30-28-26-24-22-20-18-16-14-11-8-5-2/h73H,4-72H2,1-3H3. The summed E-state index contributed by atoms with van der Waals surface area (Å²) in [5.74, 6) is -0.840. The highest BCUT2D eigenvalue weighted by atomic mass is 16.6. The molecule has 0 aromatic rings. The van der Waals surface area contributed by atoms with Crippen LogP contribution in [0.4, 0.5) is 0 Å². The molecule has 1 unspecified atom stereocenters.